The number of rotatable bonds is 4. The van der Waals surface area contributed by atoms with Crippen LogP contribution in [0.3, 0.4) is 0 Å². The molecule has 0 amide bonds. The van der Waals surface area contributed by atoms with E-state index < -0.39 is 0 Å². The van der Waals surface area contributed by atoms with Gasteiger partial charge in [0.2, 0.25) is 0 Å². The molecule has 1 aliphatic rings. The van der Waals surface area contributed by atoms with Gasteiger partial charge in [-0.05, 0) is 33.9 Å². The fourth-order valence-corrected chi connectivity index (χ4v) is 3.35. The summed E-state index contributed by atoms with van der Waals surface area (Å²) in [5, 5.41) is 4.90. The highest BCUT2D eigenvalue weighted by atomic mass is 35.5. The third-order valence-electron chi connectivity index (χ3n) is 4.40. The van der Waals surface area contributed by atoms with E-state index >= 15 is 0 Å². The van der Waals surface area contributed by atoms with Gasteiger partial charge in [-0.15, -0.1) is 0 Å². The Morgan fingerprint density at radius 1 is 1.42 bits per heavy atom. The van der Waals surface area contributed by atoms with Crippen LogP contribution in [0.4, 0.5) is 0 Å². The van der Waals surface area contributed by atoms with Crippen LogP contribution in [0.2, 0.25) is 5.02 Å². The quantitative estimate of drug-likeness (QED) is 0.851. The summed E-state index contributed by atoms with van der Waals surface area (Å²) < 4.78 is 1.73. The van der Waals surface area contributed by atoms with Crippen molar-refractivity contribution in [2.24, 2.45) is 7.05 Å². The first-order valence-corrected chi connectivity index (χ1v) is 7.15. The van der Waals surface area contributed by atoms with Crippen molar-refractivity contribution in [1.29, 1.82) is 0 Å². The molecule has 0 bridgehead atoms. The molecule has 0 saturated heterocycles. The highest BCUT2D eigenvalue weighted by Crippen LogP contribution is 2.36. The average molecular weight is 284 g/mol. The topological polar surface area (TPSA) is 38.1 Å². The van der Waals surface area contributed by atoms with Gasteiger partial charge in [-0.3, -0.25) is 14.4 Å². The Morgan fingerprint density at radius 2 is 2.00 bits per heavy atom. The van der Waals surface area contributed by atoms with E-state index in [-0.39, 0.29) is 11.3 Å². The van der Waals surface area contributed by atoms with E-state index in [0.29, 0.717) is 11.4 Å². The highest BCUT2D eigenvalue weighted by Gasteiger charge is 2.42. The Morgan fingerprint density at radius 3 is 2.42 bits per heavy atom. The number of halogens is 1. The zero-order valence-corrected chi connectivity index (χ0v) is 12.9. The Kier molecular flexibility index (Phi) is 4.02. The van der Waals surface area contributed by atoms with Crippen molar-refractivity contribution in [3.8, 4) is 0 Å². The van der Waals surface area contributed by atoms with Crippen LogP contribution in [0.5, 0.6) is 0 Å². The molecular formula is C14H22ClN3O. The Bertz CT molecular complexity index is 487. The maximum Gasteiger partial charge on any atom is 0.159 e. The van der Waals surface area contributed by atoms with E-state index in [1.54, 1.807) is 4.68 Å². The van der Waals surface area contributed by atoms with Gasteiger partial charge in [0, 0.05) is 7.05 Å². The Hall–Kier alpha value is -0.870. The number of hydrogen-bond acceptors (Lipinski definition) is 3. The van der Waals surface area contributed by atoms with Gasteiger partial charge in [0.1, 0.15) is 0 Å². The largest absolute Gasteiger partial charge is 0.297 e. The zero-order valence-electron chi connectivity index (χ0n) is 12.2. The van der Waals surface area contributed by atoms with Crippen molar-refractivity contribution in [3.63, 3.8) is 0 Å². The molecule has 1 fully saturated rings. The van der Waals surface area contributed by atoms with Crippen LogP contribution in [0.25, 0.3) is 0 Å². The van der Waals surface area contributed by atoms with Crippen molar-refractivity contribution in [1.82, 2.24) is 14.7 Å². The van der Waals surface area contributed by atoms with Crippen molar-refractivity contribution in [3.05, 3.63) is 16.4 Å². The standard InChI is InChI=1S/C14H22ClN3O/c1-10-13(15)11(18(4)16-10)9-12(19)14(17(2)3)7-5-6-8-14/h5-9H2,1-4H3. The van der Waals surface area contributed by atoms with Crippen LogP contribution in [-0.4, -0.2) is 40.1 Å². The molecule has 0 aliphatic heterocycles. The summed E-state index contributed by atoms with van der Waals surface area (Å²) in [6.07, 6.45) is 4.53. The fraction of sp³-hybridized carbons (Fsp3) is 0.714. The third kappa shape index (κ3) is 2.43. The minimum absolute atomic E-state index is 0.264. The van der Waals surface area contributed by atoms with E-state index in [2.05, 4.69) is 10.00 Å². The molecule has 0 N–H and O–H groups in total. The molecule has 0 spiro atoms. The summed E-state index contributed by atoms with van der Waals surface area (Å²) in [5.41, 5.74) is 1.32. The Balaban J connectivity index is 2.25. The van der Waals surface area contributed by atoms with Crippen LogP contribution in [0.15, 0.2) is 0 Å². The number of carbonyl (C=O) groups is 1. The fourth-order valence-electron chi connectivity index (χ4n) is 3.12. The lowest BCUT2D eigenvalue weighted by Gasteiger charge is -2.34. The van der Waals surface area contributed by atoms with Crippen molar-refractivity contribution >= 4 is 17.4 Å². The monoisotopic (exact) mass is 283 g/mol. The zero-order chi connectivity index (χ0) is 14.2. The van der Waals surface area contributed by atoms with Crippen LogP contribution in [-0.2, 0) is 18.3 Å². The molecule has 5 heteroatoms. The van der Waals surface area contributed by atoms with Gasteiger partial charge >= 0.3 is 0 Å². The molecule has 2 rings (SSSR count). The normalized spacial score (nSPS) is 18.2. The summed E-state index contributed by atoms with van der Waals surface area (Å²) in [6.45, 7) is 1.87. The number of nitrogens with zero attached hydrogens (tertiary/aromatic N) is 3. The predicted octanol–water partition coefficient (Wildman–Crippen LogP) is 2.37. The van der Waals surface area contributed by atoms with E-state index in [1.807, 2.05) is 28.1 Å². The van der Waals surface area contributed by atoms with Crippen molar-refractivity contribution < 1.29 is 4.79 Å². The average Bonchev–Trinajstić information content (AvgIpc) is 2.92. The van der Waals surface area contributed by atoms with Gasteiger partial charge in [-0.2, -0.15) is 5.10 Å². The summed E-state index contributed by atoms with van der Waals surface area (Å²) >= 11 is 6.24. The number of Topliss-reactive ketones (excluding diaryl/α,β-unsaturated/α-hetero) is 1. The number of likely N-dealkylation sites (N-methyl/N-ethyl adjacent to an activating group) is 1. The smallest absolute Gasteiger partial charge is 0.159 e. The minimum atomic E-state index is -0.304. The molecule has 1 heterocycles. The summed E-state index contributed by atoms with van der Waals surface area (Å²) in [7, 11) is 5.84. The van der Waals surface area contributed by atoms with Crippen LogP contribution in [0, 0.1) is 6.92 Å². The maximum absolute atomic E-state index is 12.8. The van der Waals surface area contributed by atoms with E-state index in [0.717, 1.165) is 37.1 Å². The van der Waals surface area contributed by atoms with Gasteiger partial charge in [-0.25, -0.2) is 0 Å². The van der Waals surface area contributed by atoms with Gasteiger partial charge in [0.25, 0.3) is 0 Å². The third-order valence-corrected chi connectivity index (χ3v) is 4.89. The van der Waals surface area contributed by atoms with E-state index in [9.17, 15) is 4.79 Å². The molecule has 1 aromatic heterocycles. The van der Waals surface area contributed by atoms with Crippen LogP contribution < -0.4 is 0 Å². The highest BCUT2D eigenvalue weighted by molar-refractivity contribution is 6.32. The molecule has 1 aromatic rings. The molecule has 0 unspecified atom stereocenters. The number of hydrogen-bond donors (Lipinski definition) is 0. The molecule has 0 atom stereocenters. The first kappa shape index (κ1) is 14.5. The number of ketones is 1. The number of carbonyl (C=O) groups excluding carboxylic acids is 1. The lowest BCUT2D eigenvalue weighted by molar-refractivity contribution is -0.129. The molecule has 1 aliphatic carbocycles. The summed E-state index contributed by atoms with van der Waals surface area (Å²) in [5.74, 6) is 0.264. The molecular weight excluding hydrogens is 262 g/mol. The van der Waals surface area contributed by atoms with Gasteiger partial charge < -0.3 is 0 Å². The summed E-state index contributed by atoms with van der Waals surface area (Å²) in [4.78, 5) is 14.8. The molecule has 1 saturated carbocycles. The lowest BCUT2D eigenvalue weighted by atomic mass is 9.88. The van der Waals surface area contributed by atoms with Gasteiger partial charge in [0.15, 0.2) is 5.78 Å². The molecule has 19 heavy (non-hydrogen) atoms. The maximum atomic E-state index is 12.8. The van der Waals surface area contributed by atoms with Gasteiger partial charge in [-0.1, -0.05) is 24.4 Å². The second kappa shape index (κ2) is 5.25. The van der Waals surface area contributed by atoms with Crippen molar-refractivity contribution in [2.75, 3.05) is 14.1 Å². The van der Waals surface area contributed by atoms with Crippen molar-refractivity contribution in [2.45, 2.75) is 44.6 Å². The number of aromatic nitrogens is 2. The van der Waals surface area contributed by atoms with Crippen LogP contribution >= 0.6 is 11.6 Å². The first-order chi connectivity index (χ1) is 8.88. The second-order valence-corrected chi connectivity index (χ2v) is 6.08. The molecule has 4 nitrogen and oxygen atoms in total. The molecule has 0 aromatic carbocycles. The second-order valence-electron chi connectivity index (χ2n) is 5.70. The summed E-state index contributed by atoms with van der Waals surface area (Å²) in [6, 6.07) is 0. The Labute approximate surface area is 119 Å². The van der Waals surface area contributed by atoms with Gasteiger partial charge in [0.05, 0.1) is 28.4 Å². The lowest BCUT2D eigenvalue weighted by Crippen LogP contribution is -2.49. The van der Waals surface area contributed by atoms with Crippen LogP contribution in [0.1, 0.15) is 37.1 Å². The molecule has 0 radical (unpaired) electrons. The first-order valence-electron chi connectivity index (χ1n) is 6.77. The minimum Gasteiger partial charge on any atom is -0.297 e. The SMILES string of the molecule is Cc1nn(C)c(CC(=O)C2(N(C)C)CCCC2)c1Cl. The predicted molar refractivity (Wildman–Crippen MR) is 76.6 cm³/mol. The van der Waals surface area contributed by atoms with E-state index in [1.165, 1.54) is 0 Å². The number of aryl methyl sites for hydroxylation is 2. The molecule has 106 valence electrons. The van der Waals surface area contributed by atoms with E-state index in [4.69, 9.17) is 11.6 Å².